The van der Waals surface area contributed by atoms with E-state index in [2.05, 4.69) is 15.0 Å². The fourth-order valence-electron chi connectivity index (χ4n) is 2.43. The molecule has 2 N–H and O–H groups in total. The minimum atomic E-state index is -3.92. The normalized spacial score (nSPS) is 19.6. The van der Waals surface area contributed by atoms with Crippen LogP contribution in [-0.4, -0.2) is 45.3 Å². The van der Waals surface area contributed by atoms with Crippen molar-refractivity contribution >= 4 is 42.2 Å². The van der Waals surface area contributed by atoms with Crippen LogP contribution >= 0.6 is 11.3 Å². The zero-order valence-electron chi connectivity index (χ0n) is 12.9. The number of carbonyl (C=O) groups excluding carboxylic acids is 1. The molecule has 25 heavy (non-hydrogen) atoms. The standard InChI is InChI=1S/C14H15N3O5S3/c18-13(16-14-15-5-6-23-14)10-2-1-3-12(8-10)25(21,22)17-11-4-7-24(19,20)9-11/h1-3,5-6,8,11,17H,4,7,9H2,(H,15,16,18)/t11-/m0/s1. The average Bonchev–Trinajstić information content (AvgIpc) is 3.16. The fraction of sp³-hybridized carbons (Fsp3) is 0.286. The Hall–Kier alpha value is -1.82. The highest BCUT2D eigenvalue weighted by Crippen LogP contribution is 2.18. The molecule has 0 aliphatic carbocycles. The largest absolute Gasteiger partial charge is 0.298 e. The summed E-state index contributed by atoms with van der Waals surface area (Å²) in [6, 6.07) is 4.89. The Kier molecular flexibility index (Phi) is 4.91. The molecule has 2 heterocycles. The maximum Gasteiger partial charge on any atom is 0.257 e. The number of aromatic nitrogens is 1. The Labute approximate surface area is 149 Å². The van der Waals surface area contributed by atoms with E-state index in [9.17, 15) is 21.6 Å². The molecule has 1 amide bonds. The van der Waals surface area contributed by atoms with Crippen LogP contribution in [-0.2, 0) is 19.9 Å². The van der Waals surface area contributed by atoms with Crippen LogP contribution in [0.2, 0.25) is 0 Å². The van der Waals surface area contributed by atoms with E-state index in [1.165, 1.54) is 35.6 Å². The van der Waals surface area contributed by atoms with E-state index in [-0.39, 0.29) is 28.4 Å². The van der Waals surface area contributed by atoms with Gasteiger partial charge in [-0.3, -0.25) is 10.1 Å². The molecule has 0 spiro atoms. The summed E-state index contributed by atoms with van der Waals surface area (Å²) in [5.74, 6) is -0.720. The average molecular weight is 401 g/mol. The molecule has 1 aliphatic heterocycles. The van der Waals surface area contributed by atoms with Gasteiger partial charge < -0.3 is 0 Å². The first kappa shape index (κ1) is 18.0. The van der Waals surface area contributed by atoms with Crippen LogP contribution in [0.4, 0.5) is 5.13 Å². The van der Waals surface area contributed by atoms with E-state index in [1.807, 2.05) is 0 Å². The summed E-state index contributed by atoms with van der Waals surface area (Å²) in [4.78, 5) is 16.0. The molecule has 0 radical (unpaired) electrons. The Morgan fingerprint density at radius 3 is 2.76 bits per heavy atom. The van der Waals surface area contributed by atoms with Gasteiger partial charge in [0.1, 0.15) is 0 Å². The van der Waals surface area contributed by atoms with Crippen molar-refractivity contribution in [3.8, 4) is 0 Å². The molecule has 8 nitrogen and oxygen atoms in total. The van der Waals surface area contributed by atoms with E-state index in [1.54, 1.807) is 11.6 Å². The van der Waals surface area contributed by atoms with Crippen LogP contribution in [0, 0.1) is 0 Å². The van der Waals surface area contributed by atoms with Crippen LogP contribution in [0.15, 0.2) is 40.7 Å². The van der Waals surface area contributed by atoms with Crippen molar-refractivity contribution in [3.63, 3.8) is 0 Å². The highest BCUT2D eigenvalue weighted by molar-refractivity contribution is 7.92. The quantitative estimate of drug-likeness (QED) is 0.766. The highest BCUT2D eigenvalue weighted by atomic mass is 32.2. The van der Waals surface area contributed by atoms with Gasteiger partial charge in [0, 0.05) is 23.2 Å². The molecular weight excluding hydrogens is 386 g/mol. The number of sulfonamides is 1. The van der Waals surface area contributed by atoms with E-state index in [4.69, 9.17) is 0 Å². The second-order valence-electron chi connectivity index (χ2n) is 5.54. The number of hydrogen-bond acceptors (Lipinski definition) is 7. The summed E-state index contributed by atoms with van der Waals surface area (Å²) >= 11 is 1.25. The predicted molar refractivity (Wildman–Crippen MR) is 93.9 cm³/mol. The number of amides is 1. The van der Waals surface area contributed by atoms with Crippen molar-refractivity contribution in [1.82, 2.24) is 9.71 Å². The molecule has 0 unspecified atom stereocenters. The second kappa shape index (κ2) is 6.83. The maximum absolute atomic E-state index is 12.4. The summed E-state index contributed by atoms with van der Waals surface area (Å²) in [5, 5.41) is 4.69. The predicted octanol–water partition coefficient (Wildman–Crippen LogP) is 0.861. The second-order valence-corrected chi connectivity index (χ2v) is 10.4. The van der Waals surface area contributed by atoms with Gasteiger partial charge in [0.05, 0.1) is 16.4 Å². The maximum atomic E-state index is 12.4. The number of hydrogen-bond donors (Lipinski definition) is 2. The van der Waals surface area contributed by atoms with E-state index in [0.29, 0.717) is 5.13 Å². The Balaban J connectivity index is 1.77. The Morgan fingerprint density at radius 1 is 1.32 bits per heavy atom. The molecule has 1 saturated heterocycles. The van der Waals surface area contributed by atoms with Gasteiger partial charge in [-0.05, 0) is 24.6 Å². The molecule has 1 aromatic heterocycles. The zero-order chi connectivity index (χ0) is 18.1. The molecular formula is C14H15N3O5S3. The van der Waals surface area contributed by atoms with Gasteiger partial charge in [-0.25, -0.2) is 26.5 Å². The van der Waals surface area contributed by atoms with Gasteiger partial charge in [0.15, 0.2) is 15.0 Å². The number of nitrogens with zero attached hydrogens (tertiary/aromatic N) is 1. The first-order valence-electron chi connectivity index (χ1n) is 7.29. The van der Waals surface area contributed by atoms with E-state index in [0.717, 1.165) is 0 Å². The summed E-state index contributed by atoms with van der Waals surface area (Å²) in [7, 11) is -7.12. The molecule has 1 aromatic carbocycles. The zero-order valence-corrected chi connectivity index (χ0v) is 15.3. The number of benzene rings is 1. The third-order valence-corrected chi connectivity index (χ3v) is 7.59. The van der Waals surface area contributed by atoms with Gasteiger partial charge in [0.25, 0.3) is 5.91 Å². The Morgan fingerprint density at radius 2 is 2.12 bits per heavy atom. The van der Waals surface area contributed by atoms with E-state index >= 15 is 0 Å². The summed E-state index contributed by atoms with van der Waals surface area (Å²) in [6.07, 6.45) is 1.78. The molecule has 134 valence electrons. The van der Waals surface area contributed by atoms with Crippen LogP contribution < -0.4 is 10.0 Å². The Bertz CT molecular complexity index is 984. The van der Waals surface area contributed by atoms with Crippen molar-refractivity contribution in [2.45, 2.75) is 17.4 Å². The minimum Gasteiger partial charge on any atom is -0.298 e. The number of carbonyl (C=O) groups is 1. The summed E-state index contributed by atoms with van der Waals surface area (Å²) < 4.78 is 50.2. The number of thiazole rings is 1. The van der Waals surface area contributed by atoms with Crippen molar-refractivity contribution in [2.75, 3.05) is 16.8 Å². The number of rotatable bonds is 5. The molecule has 1 aliphatic rings. The van der Waals surface area contributed by atoms with E-state index < -0.39 is 31.8 Å². The van der Waals surface area contributed by atoms with Gasteiger partial charge in [-0.1, -0.05) is 6.07 Å². The van der Waals surface area contributed by atoms with Crippen LogP contribution in [0.3, 0.4) is 0 Å². The smallest absolute Gasteiger partial charge is 0.257 e. The van der Waals surface area contributed by atoms with Gasteiger partial charge in [0.2, 0.25) is 10.0 Å². The number of anilines is 1. The molecule has 3 rings (SSSR count). The third kappa shape index (κ3) is 4.42. The van der Waals surface area contributed by atoms with Crippen molar-refractivity contribution < 1.29 is 21.6 Å². The van der Waals surface area contributed by atoms with Crippen LogP contribution in [0.25, 0.3) is 0 Å². The number of nitrogens with one attached hydrogen (secondary N) is 2. The topological polar surface area (TPSA) is 122 Å². The third-order valence-electron chi connectivity index (χ3n) is 3.61. The summed E-state index contributed by atoms with van der Waals surface area (Å²) in [5.41, 5.74) is 0.164. The fourth-order valence-corrected chi connectivity index (χ4v) is 6.05. The number of sulfone groups is 1. The molecule has 1 atom stereocenters. The molecule has 0 saturated carbocycles. The SMILES string of the molecule is O=C(Nc1nccs1)c1cccc(S(=O)(=O)N[C@H]2CCS(=O)(=O)C2)c1. The summed E-state index contributed by atoms with van der Waals surface area (Å²) in [6.45, 7) is 0. The molecule has 0 bridgehead atoms. The lowest BCUT2D eigenvalue weighted by molar-refractivity contribution is 0.102. The first-order valence-corrected chi connectivity index (χ1v) is 11.5. The monoisotopic (exact) mass is 401 g/mol. The van der Waals surface area contributed by atoms with Crippen LogP contribution in [0.1, 0.15) is 16.8 Å². The van der Waals surface area contributed by atoms with Gasteiger partial charge in [-0.2, -0.15) is 0 Å². The lowest BCUT2D eigenvalue weighted by Crippen LogP contribution is -2.35. The van der Waals surface area contributed by atoms with Crippen molar-refractivity contribution in [3.05, 3.63) is 41.4 Å². The molecule has 2 aromatic rings. The van der Waals surface area contributed by atoms with Crippen molar-refractivity contribution in [2.24, 2.45) is 0 Å². The minimum absolute atomic E-state index is 0.0313. The molecule has 11 heteroatoms. The van der Waals surface area contributed by atoms with Crippen molar-refractivity contribution in [1.29, 1.82) is 0 Å². The van der Waals surface area contributed by atoms with Gasteiger partial charge >= 0.3 is 0 Å². The lowest BCUT2D eigenvalue weighted by atomic mass is 10.2. The lowest BCUT2D eigenvalue weighted by Gasteiger charge is -2.12. The molecule has 1 fully saturated rings. The highest BCUT2D eigenvalue weighted by Gasteiger charge is 2.31. The van der Waals surface area contributed by atoms with Gasteiger partial charge in [-0.15, -0.1) is 11.3 Å². The van der Waals surface area contributed by atoms with Crippen LogP contribution in [0.5, 0.6) is 0 Å². The first-order chi connectivity index (χ1) is 11.8.